The molecule has 1 aromatic heterocycles. The molecule has 0 saturated heterocycles. The third-order valence-electron chi connectivity index (χ3n) is 6.06. The third-order valence-corrected chi connectivity index (χ3v) is 6.06. The molecule has 1 N–H and O–H groups in total. The van der Waals surface area contributed by atoms with Crippen molar-refractivity contribution in [1.82, 2.24) is 0 Å². The summed E-state index contributed by atoms with van der Waals surface area (Å²) < 4.78 is 16.5. The number of fused-ring (bicyclic) bond motifs is 1. The van der Waals surface area contributed by atoms with Crippen molar-refractivity contribution in [1.29, 1.82) is 0 Å². The van der Waals surface area contributed by atoms with Crippen molar-refractivity contribution in [2.45, 2.75) is 33.1 Å². The molecule has 0 aliphatic rings. The Labute approximate surface area is 204 Å². The average Bonchev–Trinajstić information content (AvgIpc) is 3.18. The molecule has 4 rings (SSSR count). The van der Waals surface area contributed by atoms with E-state index in [9.17, 15) is 9.59 Å². The SMILES string of the molecule is COc1ccc(C(=O)c2oc3ccc(NC(=O)c4ccc(C(C)(C)C)cc4)cc3c2C)cc1OC. The Hall–Kier alpha value is -4.06. The smallest absolute Gasteiger partial charge is 0.255 e. The summed E-state index contributed by atoms with van der Waals surface area (Å²) in [5.74, 6) is 0.789. The van der Waals surface area contributed by atoms with Crippen molar-refractivity contribution in [3.8, 4) is 11.5 Å². The zero-order chi connectivity index (χ0) is 25.3. The first kappa shape index (κ1) is 24.1. The van der Waals surface area contributed by atoms with Crippen LogP contribution in [0.1, 0.15) is 58.4 Å². The Morgan fingerprint density at radius 2 is 1.49 bits per heavy atom. The number of carbonyl (C=O) groups excluding carboxylic acids is 2. The van der Waals surface area contributed by atoms with E-state index < -0.39 is 0 Å². The highest BCUT2D eigenvalue weighted by Crippen LogP contribution is 2.32. The molecular formula is C29H29NO5. The molecule has 3 aromatic carbocycles. The first-order chi connectivity index (χ1) is 16.6. The summed E-state index contributed by atoms with van der Waals surface area (Å²) >= 11 is 0. The topological polar surface area (TPSA) is 77.8 Å². The molecule has 0 aliphatic carbocycles. The fourth-order valence-electron chi connectivity index (χ4n) is 3.95. The first-order valence-corrected chi connectivity index (χ1v) is 11.3. The number of anilines is 1. The lowest BCUT2D eigenvalue weighted by atomic mass is 9.87. The maximum Gasteiger partial charge on any atom is 0.255 e. The van der Waals surface area contributed by atoms with E-state index in [2.05, 4.69) is 26.1 Å². The van der Waals surface area contributed by atoms with Crippen molar-refractivity contribution in [2.24, 2.45) is 0 Å². The van der Waals surface area contributed by atoms with E-state index >= 15 is 0 Å². The summed E-state index contributed by atoms with van der Waals surface area (Å²) in [6.45, 7) is 8.23. The lowest BCUT2D eigenvalue weighted by Crippen LogP contribution is -2.14. The second-order valence-corrected chi connectivity index (χ2v) is 9.45. The van der Waals surface area contributed by atoms with Gasteiger partial charge in [0.25, 0.3) is 5.91 Å². The van der Waals surface area contributed by atoms with E-state index in [0.29, 0.717) is 39.5 Å². The Balaban J connectivity index is 1.59. The van der Waals surface area contributed by atoms with Crippen LogP contribution in [0.25, 0.3) is 11.0 Å². The lowest BCUT2D eigenvalue weighted by Gasteiger charge is -2.19. The van der Waals surface area contributed by atoms with E-state index in [0.717, 1.165) is 10.9 Å². The number of rotatable bonds is 6. The molecule has 6 nitrogen and oxygen atoms in total. The van der Waals surface area contributed by atoms with Gasteiger partial charge >= 0.3 is 0 Å². The van der Waals surface area contributed by atoms with E-state index in [1.165, 1.54) is 7.11 Å². The second-order valence-electron chi connectivity index (χ2n) is 9.45. The van der Waals surface area contributed by atoms with E-state index in [1.54, 1.807) is 37.4 Å². The van der Waals surface area contributed by atoms with Crippen molar-refractivity contribution < 1.29 is 23.5 Å². The second kappa shape index (κ2) is 9.29. The molecule has 0 aliphatic heterocycles. The van der Waals surface area contributed by atoms with Gasteiger partial charge in [0.05, 0.1) is 14.2 Å². The van der Waals surface area contributed by atoms with Crippen molar-refractivity contribution in [2.75, 3.05) is 19.5 Å². The standard InChI is InChI=1S/C29H29NO5/c1-17-22-16-21(30-28(32)18-7-10-20(11-8-18)29(2,3)4)12-14-23(22)35-27(17)26(31)19-9-13-24(33-5)25(15-19)34-6/h7-16H,1-6H3,(H,30,32). The molecule has 0 atom stereocenters. The summed E-state index contributed by atoms with van der Waals surface area (Å²) in [5, 5.41) is 3.70. The predicted molar refractivity (Wildman–Crippen MR) is 137 cm³/mol. The largest absolute Gasteiger partial charge is 0.493 e. The minimum Gasteiger partial charge on any atom is -0.493 e. The minimum atomic E-state index is -0.260. The Kier molecular flexibility index (Phi) is 6.39. The highest BCUT2D eigenvalue weighted by Gasteiger charge is 2.21. The number of ketones is 1. The van der Waals surface area contributed by atoms with Crippen molar-refractivity contribution in [3.63, 3.8) is 0 Å². The van der Waals surface area contributed by atoms with Crippen LogP contribution < -0.4 is 14.8 Å². The van der Waals surface area contributed by atoms with Crippen LogP contribution in [0, 0.1) is 6.92 Å². The molecule has 0 spiro atoms. The number of ether oxygens (including phenoxy) is 2. The third kappa shape index (κ3) is 4.78. The van der Waals surface area contributed by atoms with Crippen LogP contribution in [-0.2, 0) is 5.41 Å². The monoisotopic (exact) mass is 471 g/mol. The van der Waals surface area contributed by atoms with E-state index in [-0.39, 0.29) is 22.9 Å². The number of carbonyl (C=O) groups is 2. The average molecular weight is 472 g/mol. The van der Waals surface area contributed by atoms with Gasteiger partial charge in [-0.05, 0) is 66.4 Å². The summed E-state index contributed by atoms with van der Waals surface area (Å²) in [5.41, 5.74) is 4.07. The fourth-order valence-corrected chi connectivity index (χ4v) is 3.95. The number of hydrogen-bond donors (Lipinski definition) is 1. The van der Waals surface area contributed by atoms with Gasteiger partial charge in [-0.15, -0.1) is 0 Å². The number of nitrogens with one attached hydrogen (secondary N) is 1. The summed E-state index contributed by atoms with van der Waals surface area (Å²) in [7, 11) is 3.06. The predicted octanol–water partition coefficient (Wildman–Crippen LogP) is 6.54. The molecule has 0 unspecified atom stereocenters. The van der Waals surface area contributed by atoms with Gasteiger partial charge in [0, 0.05) is 27.8 Å². The fraction of sp³-hybridized carbons (Fsp3) is 0.241. The van der Waals surface area contributed by atoms with Gasteiger partial charge in [0.2, 0.25) is 5.78 Å². The normalized spacial score (nSPS) is 11.4. The Bertz CT molecular complexity index is 1410. The molecule has 0 fully saturated rings. The Morgan fingerprint density at radius 1 is 0.829 bits per heavy atom. The number of methoxy groups -OCH3 is 2. The number of aryl methyl sites for hydroxylation is 1. The molecule has 1 heterocycles. The van der Waals surface area contributed by atoms with Gasteiger partial charge < -0.3 is 19.2 Å². The van der Waals surface area contributed by atoms with Gasteiger partial charge in [-0.1, -0.05) is 32.9 Å². The van der Waals surface area contributed by atoms with Gasteiger partial charge in [0.15, 0.2) is 17.3 Å². The maximum atomic E-state index is 13.2. The molecule has 4 aromatic rings. The summed E-state index contributed by atoms with van der Waals surface area (Å²) in [6, 6.07) is 17.9. The summed E-state index contributed by atoms with van der Waals surface area (Å²) in [4.78, 5) is 26.0. The number of hydrogen-bond acceptors (Lipinski definition) is 5. The molecular weight excluding hydrogens is 442 g/mol. The molecule has 0 bridgehead atoms. The van der Waals surface area contributed by atoms with Crippen molar-refractivity contribution >= 4 is 28.3 Å². The van der Waals surface area contributed by atoms with Crippen LogP contribution in [0.4, 0.5) is 5.69 Å². The lowest BCUT2D eigenvalue weighted by molar-refractivity contribution is 0.101. The summed E-state index contributed by atoms with van der Waals surface area (Å²) in [6.07, 6.45) is 0. The van der Waals surface area contributed by atoms with Crippen molar-refractivity contribution in [3.05, 3.63) is 88.7 Å². The molecule has 1 amide bonds. The Morgan fingerprint density at radius 3 is 2.11 bits per heavy atom. The number of amides is 1. The molecule has 6 heteroatoms. The zero-order valence-electron chi connectivity index (χ0n) is 20.8. The van der Waals surface area contributed by atoms with E-state index in [4.69, 9.17) is 13.9 Å². The van der Waals surface area contributed by atoms with Crippen LogP contribution >= 0.6 is 0 Å². The maximum absolute atomic E-state index is 13.2. The van der Waals surface area contributed by atoms with Gasteiger partial charge in [-0.2, -0.15) is 0 Å². The highest BCUT2D eigenvalue weighted by molar-refractivity contribution is 6.11. The highest BCUT2D eigenvalue weighted by atomic mass is 16.5. The van der Waals surface area contributed by atoms with E-state index in [1.807, 2.05) is 37.3 Å². The van der Waals surface area contributed by atoms with Gasteiger partial charge in [0.1, 0.15) is 5.58 Å². The van der Waals surface area contributed by atoms with Gasteiger partial charge in [-0.3, -0.25) is 9.59 Å². The van der Waals surface area contributed by atoms with Crippen LogP contribution in [0.2, 0.25) is 0 Å². The van der Waals surface area contributed by atoms with Crippen LogP contribution in [0.3, 0.4) is 0 Å². The molecule has 0 saturated carbocycles. The first-order valence-electron chi connectivity index (χ1n) is 11.3. The van der Waals surface area contributed by atoms with Crippen LogP contribution in [-0.4, -0.2) is 25.9 Å². The minimum absolute atomic E-state index is 0.0188. The van der Waals surface area contributed by atoms with Crippen LogP contribution in [0.5, 0.6) is 11.5 Å². The number of benzene rings is 3. The number of furan rings is 1. The molecule has 180 valence electrons. The van der Waals surface area contributed by atoms with Crippen LogP contribution in [0.15, 0.2) is 65.1 Å². The zero-order valence-corrected chi connectivity index (χ0v) is 20.8. The van der Waals surface area contributed by atoms with Gasteiger partial charge in [-0.25, -0.2) is 0 Å². The molecule has 0 radical (unpaired) electrons. The quantitative estimate of drug-likeness (QED) is 0.323. The molecule has 35 heavy (non-hydrogen) atoms.